The van der Waals surface area contributed by atoms with Crippen LogP contribution in [0.2, 0.25) is 0 Å². The van der Waals surface area contributed by atoms with Crippen molar-refractivity contribution < 1.29 is 14.3 Å². The molecule has 108 valence electrons. The van der Waals surface area contributed by atoms with Gasteiger partial charge in [-0.3, -0.25) is 10.1 Å². The van der Waals surface area contributed by atoms with Crippen molar-refractivity contribution in [3.8, 4) is 0 Å². The molecule has 1 amide bonds. The fourth-order valence-corrected chi connectivity index (χ4v) is 2.05. The van der Waals surface area contributed by atoms with E-state index < -0.39 is 6.09 Å². The summed E-state index contributed by atoms with van der Waals surface area (Å²) in [5.74, 6) is -0.0451. The van der Waals surface area contributed by atoms with Crippen LogP contribution >= 0.6 is 15.9 Å². The zero-order valence-corrected chi connectivity index (χ0v) is 12.8. The van der Waals surface area contributed by atoms with E-state index in [0.29, 0.717) is 11.3 Å². The second kappa shape index (κ2) is 7.59. The van der Waals surface area contributed by atoms with Crippen molar-refractivity contribution in [1.29, 1.82) is 0 Å². The van der Waals surface area contributed by atoms with E-state index in [1.54, 1.807) is 24.3 Å². The van der Waals surface area contributed by atoms with Crippen molar-refractivity contribution in [2.45, 2.75) is 6.61 Å². The van der Waals surface area contributed by atoms with Crippen molar-refractivity contribution in [2.75, 3.05) is 10.6 Å². The van der Waals surface area contributed by atoms with E-state index in [2.05, 4.69) is 21.2 Å². The topological polar surface area (TPSA) is 55.4 Å². The predicted octanol–water partition coefficient (Wildman–Crippen LogP) is 4.01. The lowest BCUT2D eigenvalue weighted by atomic mass is 10.1. The van der Waals surface area contributed by atoms with Crippen LogP contribution in [0.3, 0.4) is 0 Å². The van der Waals surface area contributed by atoms with Gasteiger partial charge in [0.2, 0.25) is 0 Å². The normalized spacial score (nSPS) is 9.95. The highest BCUT2D eigenvalue weighted by molar-refractivity contribution is 9.09. The van der Waals surface area contributed by atoms with Gasteiger partial charge in [0.15, 0.2) is 5.78 Å². The Hall–Kier alpha value is -2.14. The maximum absolute atomic E-state index is 11.7. The molecule has 0 fully saturated rings. The van der Waals surface area contributed by atoms with E-state index in [9.17, 15) is 9.59 Å². The summed E-state index contributed by atoms with van der Waals surface area (Å²) in [6.07, 6.45) is -0.553. The van der Waals surface area contributed by atoms with Gasteiger partial charge < -0.3 is 4.74 Å². The fourth-order valence-electron chi connectivity index (χ4n) is 1.72. The molecule has 1 N–H and O–H groups in total. The molecule has 0 saturated heterocycles. The zero-order chi connectivity index (χ0) is 15.1. The molecule has 5 heteroatoms. The highest BCUT2D eigenvalue weighted by Gasteiger charge is 2.07. The van der Waals surface area contributed by atoms with Crippen molar-refractivity contribution >= 4 is 33.5 Å². The molecule has 2 aromatic carbocycles. The lowest BCUT2D eigenvalue weighted by Gasteiger charge is -2.08. The largest absolute Gasteiger partial charge is 0.444 e. The third-order valence-corrected chi connectivity index (χ3v) is 3.27. The Morgan fingerprint density at radius 2 is 1.81 bits per heavy atom. The average Bonchev–Trinajstić information content (AvgIpc) is 2.53. The quantitative estimate of drug-likeness (QED) is 0.656. The van der Waals surface area contributed by atoms with Crippen LogP contribution in [-0.4, -0.2) is 17.2 Å². The molecule has 0 heterocycles. The number of halogens is 1. The number of ketones is 1. The Kier molecular flexibility index (Phi) is 5.51. The monoisotopic (exact) mass is 347 g/mol. The third kappa shape index (κ3) is 4.72. The van der Waals surface area contributed by atoms with Crippen molar-refractivity contribution in [3.05, 3.63) is 65.7 Å². The Bertz CT molecular complexity index is 628. The molecule has 0 aromatic heterocycles. The van der Waals surface area contributed by atoms with Crippen LogP contribution in [0.25, 0.3) is 0 Å². The van der Waals surface area contributed by atoms with Gasteiger partial charge in [-0.05, 0) is 17.7 Å². The van der Waals surface area contributed by atoms with Gasteiger partial charge in [-0.25, -0.2) is 4.79 Å². The van der Waals surface area contributed by atoms with Gasteiger partial charge in [-0.2, -0.15) is 0 Å². The second-order valence-corrected chi connectivity index (χ2v) is 4.89. The van der Waals surface area contributed by atoms with Gasteiger partial charge in [0.1, 0.15) is 6.61 Å². The molecule has 0 aliphatic carbocycles. The first-order valence-corrected chi connectivity index (χ1v) is 7.48. The number of benzene rings is 2. The number of anilines is 1. The Morgan fingerprint density at radius 3 is 2.52 bits per heavy atom. The minimum absolute atomic E-state index is 0.0451. The molecule has 21 heavy (non-hydrogen) atoms. The lowest BCUT2D eigenvalue weighted by Crippen LogP contribution is -2.14. The van der Waals surface area contributed by atoms with Crippen LogP contribution < -0.4 is 5.32 Å². The number of ether oxygens (including phenoxy) is 1. The Labute approximate surface area is 131 Å². The number of hydrogen-bond donors (Lipinski definition) is 1. The van der Waals surface area contributed by atoms with Crippen LogP contribution in [0.5, 0.6) is 0 Å². The summed E-state index contributed by atoms with van der Waals surface area (Å²) in [7, 11) is 0. The Balaban J connectivity index is 1.92. The van der Waals surface area contributed by atoms with Crippen LogP contribution in [0.15, 0.2) is 54.6 Å². The number of Topliss-reactive ketones (excluding diaryl/α,β-unsaturated/α-hetero) is 1. The fraction of sp³-hybridized carbons (Fsp3) is 0.125. The summed E-state index contributed by atoms with van der Waals surface area (Å²) in [5, 5.41) is 2.85. The van der Waals surface area contributed by atoms with Gasteiger partial charge in [0.05, 0.1) is 5.33 Å². The summed E-state index contributed by atoms with van der Waals surface area (Å²) in [4.78, 5) is 23.3. The predicted molar refractivity (Wildman–Crippen MR) is 84.8 cm³/mol. The highest BCUT2D eigenvalue weighted by atomic mass is 79.9. The maximum atomic E-state index is 11.7. The molecular weight excluding hydrogens is 334 g/mol. The highest BCUT2D eigenvalue weighted by Crippen LogP contribution is 2.13. The van der Waals surface area contributed by atoms with Gasteiger partial charge >= 0.3 is 6.09 Å². The van der Waals surface area contributed by atoms with E-state index in [1.165, 1.54) is 0 Å². The summed E-state index contributed by atoms with van der Waals surface area (Å²) in [5.41, 5.74) is 1.98. The molecule has 0 atom stereocenters. The first-order chi connectivity index (χ1) is 10.2. The molecule has 4 nitrogen and oxygen atoms in total. The van der Waals surface area contributed by atoms with Gasteiger partial charge in [0, 0.05) is 11.3 Å². The molecule has 2 aromatic rings. The smallest absolute Gasteiger partial charge is 0.411 e. The standard InChI is InChI=1S/C16H14BrNO3/c17-10-15(19)13-7-4-8-14(9-13)18-16(20)21-11-12-5-2-1-3-6-12/h1-9H,10-11H2,(H,18,20). The maximum Gasteiger partial charge on any atom is 0.411 e. The van der Waals surface area contributed by atoms with Crippen molar-refractivity contribution in [1.82, 2.24) is 0 Å². The number of alkyl halides is 1. The first-order valence-electron chi connectivity index (χ1n) is 6.36. The van der Waals surface area contributed by atoms with Crippen molar-refractivity contribution in [2.24, 2.45) is 0 Å². The van der Waals surface area contributed by atoms with E-state index in [1.807, 2.05) is 30.3 Å². The Morgan fingerprint density at radius 1 is 1.05 bits per heavy atom. The first kappa shape index (κ1) is 15.3. The van der Waals surface area contributed by atoms with Crippen LogP contribution in [0, 0.1) is 0 Å². The second-order valence-electron chi connectivity index (χ2n) is 4.32. The molecule has 0 radical (unpaired) electrons. The molecule has 0 aliphatic heterocycles. The van der Waals surface area contributed by atoms with Gasteiger partial charge in [-0.1, -0.05) is 58.4 Å². The molecule has 0 aliphatic rings. The molecule has 0 unspecified atom stereocenters. The van der Waals surface area contributed by atoms with Crippen LogP contribution in [-0.2, 0) is 11.3 Å². The molecular formula is C16H14BrNO3. The number of nitrogens with one attached hydrogen (secondary N) is 1. The summed E-state index contributed by atoms with van der Waals surface area (Å²) in [6.45, 7) is 0.201. The van der Waals surface area contributed by atoms with E-state index in [0.717, 1.165) is 5.56 Å². The molecule has 0 spiro atoms. The van der Waals surface area contributed by atoms with Crippen LogP contribution in [0.1, 0.15) is 15.9 Å². The number of hydrogen-bond acceptors (Lipinski definition) is 3. The molecule has 0 saturated carbocycles. The lowest BCUT2D eigenvalue weighted by molar-refractivity contribution is 0.102. The van der Waals surface area contributed by atoms with E-state index in [4.69, 9.17) is 4.74 Å². The summed E-state index contributed by atoms with van der Waals surface area (Å²) >= 11 is 3.12. The number of carbonyl (C=O) groups excluding carboxylic acids is 2. The number of rotatable bonds is 5. The summed E-state index contributed by atoms with van der Waals surface area (Å²) < 4.78 is 5.11. The van der Waals surface area contributed by atoms with Crippen molar-refractivity contribution in [3.63, 3.8) is 0 Å². The number of amides is 1. The molecule has 2 rings (SSSR count). The minimum Gasteiger partial charge on any atom is -0.444 e. The summed E-state index contributed by atoms with van der Waals surface area (Å²) in [6, 6.07) is 16.1. The van der Waals surface area contributed by atoms with E-state index in [-0.39, 0.29) is 17.7 Å². The average molecular weight is 348 g/mol. The minimum atomic E-state index is -0.553. The van der Waals surface area contributed by atoms with Crippen LogP contribution in [0.4, 0.5) is 10.5 Å². The zero-order valence-electron chi connectivity index (χ0n) is 11.2. The van der Waals surface area contributed by atoms with E-state index >= 15 is 0 Å². The third-order valence-electron chi connectivity index (χ3n) is 2.77. The molecule has 0 bridgehead atoms. The van der Waals surface area contributed by atoms with Gasteiger partial charge in [0.25, 0.3) is 0 Å². The number of carbonyl (C=O) groups is 2. The SMILES string of the molecule is O=C(Nc1cccc(C(=O)CBr)c1)OCc1ccccc1. The van der Waals surface area contributed by atoms with Gasteiger partial charge in [-0.15, -0.1) is 0 Å².